The number of benzene rings is 1. The molecule has 110 valence electrons. The minimum atomic E-state index is -0.579. The molecule has 0 atom stereocenters. The number of methoxy groups -OCH3 is 1. The standard InChI is InChI=1S/C17H25NO2/c1-17(2,14-11-7-8-12-15(14)20-3)16(19)18-13-9-5-4-6-10-13/h7-8,11-13H,4-6,9-10H2,1-3H3,(H,18,19). The molecule has 2 rings (SSSR count). The molecule has 0 heterocycles. The zero-order valence-electron chi connectivity index (χ0n) is 12.7. The highest BCUT2D eigenvalue weighted by Gasteiger charge is 2.33. The maximum absolute atomic E-state index is 12.6. The zero-order valence-corrected chi connectivity index (χ0v) is 12.7. The molecule has 3 nitrogen and oxygen atoms in total. The van der Waals surface area contributed by atoms with E-state index in [9.17, 15) is 4.79 Å². The zero-order chi connectivity index (χ0) is 14.6. The van der Waals surface area contributed by atoms with Gasteiger partial charge in [0.15, 0.2) is 0 Å². The van der Waals surface area contributed by atoms with E-state index in [1.165, 1.54) is 19.3 Å². The Hall–Kier alpha value is -1.51. The van der Waals surface area contributed by atoms with Gasteiger partial charge in [-0.15, -0.1) is 0 Å². The second kappa shape index (κ2) is 6.29. The van der Waals surface area contributed by atoms with Crippen molar-refractivity contribution in [1.82, 2.24) is 5.32 Å². The number of nitrogens with one attached hydrogen (secondary N) is 1. The summed E-state index contributed by atoms with van der Waals surface area (Å²) in [5.41, 5.74) is 0.361. The van der Waals surface area contributed by atoms with Crippen molar-refractivity contribution < 1.29 is 9.53 Å². The van der Waals surface area contributed by atoms with Crippen molar-refractivity contribution in [3.05, 3.63) is 29.8 Å². The third-order valence-electron chi connectivity index (χ3n) is 4.29. The lowest BCUT2D eigenvalue weighted by atomic mass is 9.82. The average Bonchev–Trinajstić information content (AvgIpc) is 2.48. The maximum Gasteiger partial charge on any atom is 0.230 e. The van der Waals surface area contributed by atoms with E-state index in [1.54, 1.807) is 7.11 Å². The molecule has 20 heavy (non-hydrogen) atoms. The molecule has 0 saturated heterocycles. The Kier molecular flexibility index (Phi) is 4.69. The van der Waals surface area contributed by atoms with E-state index >= 15 is 0 Å². The van der Waals surface area contributed by atoms with Gasteiger partial charge >= 0.3 is 0 Å². The van der Waals surface area contributed by atoms with Gasteiger partial charge in [0.05, 0.1) is 12.5 Å². The van der Waals surface area contributed by atoms with Gasteiger partial charge in [-0.1, -0.05) is 37.5 Å². The number of carbonyl (C=O) groups is 1. The van der Waals surface area contributed by atoms with E-state index in [2.05, 4.69) is 5.32 Å². The fraction of sp³-hybridized carbons (Fsp3) is 0.588. The Morgan fingerprint density at radius 2 is 1.85 bits per heavy atom. The predicted octanol–water partition coefficient (Wildman–Crippen LogP) is 3.42. The fourth-order valence-electron chi connectivity index (χ4n) is 2.90. The molecule has 1 saturated carbocycles. The van der Waals surface area contributed by atoms with Gasteiger partial charge < -0.3 is 10.1 Å². The van der Waals surface area contributed by atoms with E-state index in [-0.39, 0.29) is 5.91 Å². The predicted molar refractivity (Wildman–Crippen MR) is 81.0 cm³/mol. The number of rotatable bonds is 4. The molecule has 1 aromatic rings. The highest BCUT2D eigenvalue weighted by Crippen LogP contribution is 2.32. The topological polar surface area (TPSA) is 38.3 Å². The second-order valence-corrected chi connectivity index (χ2v) is 6.13. The molecule has 3 heteroatoms. The van der Waals surface area contributed by atoms with E-state index in [1.807, 2.05) is 38.1 Å². The molecule has 0 bridgehead atoms. The van der Waals surface area contributed by atoms with Gasteiger partial charge in [0.1, 0.15) is 5.75 Å². The lowest BCUT2D eigenvalue weighted by Crippen LogP contribution is -2.45. The number of hydrogen-bond acceptors (Lipinski definition) is 2. The van der Waals surface area contributed by atoms with Crippen LogP contribution < -0.4 is 10.1 Å². The Labute approximate surface area is 121 Å². The summed E-state index contributed by atoms with van der Waals surface area (Å²) in [4.78, 5) is 12.6. The molecule has 0 aliphatic heterocycles. The molecular weight excluding hydrogens is 250 g/mol. The fourth-order valence-corrected chi connectivity index (χ4v) is 2.90. The minimum Gasteiger partial charge on any atom is -0.496 e. The van der Waals surface area contributed by atoms with E-state index in [4.69, 9.17) is 4.74 Å². The molecule has 1 amide bonds. The van der Waals surface area contributed by atoms with Crippen LogP contribution in [0.25, 0.3) is 0 Å². The number of amides is 1. The minimum absolute atomic E-state index is 0.0916. The lowest BCUT2D eigenvalue weighted by molar-refractivity contribution is -0.126. The normalized spacial score (nSPS) is 16.8. The van der Waals surface area contributed by atoms with Crippen LogP contribution in [-0.4, -0.2) is 19.1 Å². The SMILES string of the molecule is COc1ccccc1C(C)(C)C(=O)NC1CCCCC1. The van der Waals surface area contributed by atoms with Gasteiger partial charge in [0.25, 0.3) is 0 Å². The first kappa shape index (κ1) is 14.9. The molecular formula is C17H25NO2. The van der Waals surface area contributed by atoms with Crippen molar-refractivity contribution in [1.29, 1.82) is 0 Å². The van der Waals surface area contributed by atoms with Crippen molar-refractivity contribution in [3.8, 4) is 5.75 Å². The Morgan fingerprint density at radius 1 is 1.20 bits per heavy atom. The lowest BCUT2D eigenvalue weighted by Gasteiger charge is -2.30. The molecule has 0 unspecified atom stereocenters. The van der Waals surface area contributed by atoms with Crippen LogP contribution in [0, 0.1) is 0 Å². The molecule has 1 N–H and O–H groups in total. The van der Waals surface area contributed by atoms with Gasteiger partial charge in [-0.25, -0.2) is 0 Å². The third kappa shape index (κ3) is 3.14. The van der Waals surface area contributed by atoms with Crippen molar-refractivity contribution in [2.45, 2.75) is 57.4 Å². The van der Waals surface area contributed by atoms with Crippen LogP contribution >= 0.6 is 0 Å². The summed E-state index contributed by atoms with van der Waals surface area (Å²) in [5, 5.41) is 3.21. The van der Waals surface area contributed by atoms with Crippen LogP contribution in [0.5, 0.6) is 5.75 Å². The summed E-state index contributed by atoms with van der Waals surface area (Å²) < 4.78 is 5.39. The van der Waals surface area contributed by atoms with Crippen molar-refractivity contribution in [2.24, 2.45) is 0 Å². The summed E-state index contributed by atoms with van der Waals surface area (Å²) in [6.07, 6.45) is 5.95. The molecule has 0 radical (unpaired) electrons. The summed E-state index contributed by atoms with van der Waals surface area (Å²) in [6, 6.07) is 8.10. The van der Waals surface area contributed by atoms with Crippen molar-refractivity contribution >= 4 is 5.91 Å². The molecule has 1 fully saturated rings. The molecule has 1 aliphatic carbocycles. The van der Waals surface area contributed by atoms with Crippen LogP contribution in [-0.2, 0) is 10.2 Å². The second-order valence-electron chi connectivity index (χ2n) is 6.13. The smallest absolute Gasteiger partial charge is 0.230 e. The highest BCUT2D eigenvalue weighted by atomic mass is 16.5. The van der Waals surface area contributed by atoms with E-state index in [0.29, 0.717) is 6.04 Å². The van der Waals surface area contributed by atoms with Gasteiger partial charge in [-0.2, -0.15) is 0 Å². The first-order chi connectivity index (χ1) is 9.55. The Balaban J connectivity index is 2.13. The summed E-state index contributed by atoms with van der Waals surface area (Å²) in [6.45, 7) is 3.92. The number of para-hydroxylation sites is 1. The molecule has 0 spiro atoms. The van der Waals surface area contributed by atoms with Gasteiger partial charge in [0.2, 0.25) is 5.91 Å². The van der Waals surface area contributed by atoms with Crippen LogP contribution in [0.4, 0.5) is 0 Å². The quantitative estimate of drug-likeness (QED) is 0.914. The van der Waals surface area contributed by atoms with Gasteiger partial charge in [0, 0.05) is 11.6 Å². The van der Waals surface area contributed by atoms with E-state index < -0.39 is 5.41 Å². The monoisotopic (exact) mass is 275 g/mol. The van der Waals surface area contributed by atoms with Gasteiger partial charge in [-0.3, -0.25) is 4.79 Å². The highest BCUT2D eigenvalue weighted by molar-refractivity contribution is 5.88. The number of hydrogen-bond donors (Lipinski definition) is 1. The third-order valence-corrected chi connectivity index (χ3v) is 4.29. The Bertz CT molecular complexity index is 462. The van der Waals surface area contributed by atoms with Crippen molar-refractivity contribution in [3.63, 3.8) is 0 Å². The van der Waals surface area contributed by atoms with Crippen molar-refractivity contribution in [2.75, 3.05) is 7.11 Å². The maximum atomic E-state index is 12.6. The Morgan fingerprint density at radius 3 is 2.50 bits per heavy atom. The molecule has 1 aliphatic rings. The summed E-state index contributed by atoms with van der Waals surface area (Å²) in [5.74, 6) is 0.866. The van der Waals surface area contributed by atoms with Crippen LogP contribution in [0.15, 0.2) is 24.3 Å². The number of ether oxygens (including phenoxy) is 1. The van der Waals surface area contributed by atoms with Gasteiger partial charge in [-0.05, 0) is 32.8 Å². The van der Waals surface area contributed by atoms with Crippen LogP contribution in [0.2, 0.25) is 0 Å². The summed E-state index contributed by atoms with van der Waals surface area (Å²) >= 11 is 0. The first-order valence-corrected chi connectivity index (χ1v) is 7.50. The first-order valence-electron chi connectivity index (χ1n) is 7.50. The van der Waals surface area contributed by atoms with Crippen LogP contribution in [0.3, 0.4) is 0 Å². The molecule has 1 aromatic carbocycles. The number of carbonyl (C=O) groups excluding carboxylic acids is 1. The molecule has 0 aromatic heterocycles. The average molecular weight is 275 g/mol. The van der Waals surface area contributed by atoms with E-state index in [0.717, 1.165) is 24.2 Å². The van der Waals surface area contributed by atoms with Crippen LogP contribution in [0.1, 0.15) is 51.5 Å². The summed E-state index contributed by atoms with van der Waals surface area (Å²) in [7, 11) is 1.65. The largest absolute Gasteiger partial charge is 0.496 e.